The highest BCUT2D eigenvalue weighted by atomic mass is 32.2. The Morgan fingerprint density at radius 1 is 1.64 bits per heavy atom. The molecule has 1 aliphatic rings. The molecule has 2 aromatic heterocycles. The molecule has 2 aromatic rings. The van der Waals surface area contributed by atoms with Gasteiger partial charge in [0.25, 0.3) is 12.0 Å². The second kappa shape index (κ2) is 2.93. The minimum atomic E-state index is 0.148. The van der Waals surface area contributed by atoms with Crippen LogP contribution in [0.1, 0.15) is 6.04 Å². The third kappa shape index (κ3) is 0.978. The molecule has 0 fully saturated rings. The first kappa shape index (κ1) is 8.19. The van der Waals surface area contributed by atoms with E-state index in [1.165, 1.54) is 0 Å². The molecule has 0 saturated heterocycles. The molecule has 6 heteroatoms. The first-order chi connectivity index (χ1) is 6.90. The molecule has 0 saturated carbocycles. The van der Waals surface area contributed by atoms with Crippen molar-refractivity contribution in [1.29, 1.82) is 0 Å². The van der Waals surface area contributed by atoms with E-state index in [4.69, 9.17) is 5.11 Å². The summed E-state index contributed by atoms with van der Waals surface area (Å²) in [4.78, 5) is 11.4. The van der Waals surface area contributed by atoms with Crippen LogP contribution in [-0.4, -0.2) is 32.4 Å². The van der Waals surface area contributed by atoms with Gasteiger partial charge < -0.3 is 10.1 Å². The molecule has 1 atom stereocenters. The van der Waals surface area contributed by atoms with E-state index in [0.29, 0.717) is 0 Å². The lowest BCUT2D eigenvalue weighted by Crippen LogP contribution is -2.40. The molecule has 1 unspecified atom stereocenters. The van der Waals surface area contributed by atoms with Gasteiger partial charge in [0, 0.05) is 5.75 Å². The summed E-state index contributed by atoms with van der Waals surface area (Å²) in [7, 11) is 0. The minimum Gasteiger partial charge on any atom is -0.392 e. The number of nitrogens with zero attached hydrogens (tertiary/aromatic N) is 3. The van der Waals surface area contributed by atoms with Gasteiger partial charge in [-0.2, -0.15) is 4.98 Å². The van der Waals surface area contributed by atoms with Crippen LogP contribution < -0.4 is 4.57 Å². The lowest BCUT2D eigenvalue weighted by molar-refractivity contribution is -0.749. The van der Waals surface area contributed by atoms with Crippen molar-refractivity contribution in [2.24, 2.45) is 0 Å². The SMILES string of the molecule is OCC1CSc2c3[nH]cnc3nc[n+]21. The molecule has 72 valence electrons. The van der Waals surface area contributed by atoms with Gasteiger partial charge in [0.05, 0.1) is 12.9 Å². The van der Waals surface area contributed by atoms with Gasteiger partial charge in [0.2, 0.25) is 0 Å². The smallest absolute Gasteiger partial charge is 0.296 e. The van der Waals surface area contributed by atoms with Crippen molar-refractivity contribution < 1.29 is 9.67 Å². The summed E-state index contributed by atoms with van der Waals surface area (Å²) >= 11 is 1.73. The maximum Gasteiger partial charge on any atom is 0.296 e. The zero-order chi connectivity index (χ0) is 9.54. The van der Waals surface area contributed by atoms with Crippen LogP contribution in [0.25, 0.3) is 11.2 Å². The number of aliphatic hydroxyl groups is 1. The van der Waals surface area contributed by atoms with Crippen molar-refractivity contribution in [2.45, 2.75) is 11.1 Å². The summed E-state index contributed by atoms with van der Waals surface area (Å²) in [6.07, 6.45) is 3.39. The highest BCUT2D eigenvalue weighted by Gasteiger charge is 2.30. The topological polar surface area (TPSA) is 65.7 Å². The summed E-state index contributed by atoms with van der Waals surface area (Å²) in [6, 6.07) is 0.148. The Balaban J connectivity index is 2.27. The molecule has 2 N–H and O–H groups in total. The van der Waals surface area contributed by atoms with E-state index >= 15 is 0 Å². The quantitative estimate of drug-likeness (QED) is 0.508. The third-order valence-corrected chi connectivity index (χ3v) is 3.63. The van der Waals surface area contributed by atoms with Crippen LogP contribution in [0, 0.1) is 0 Å². The predicted octanol–water partition coefficient (Wildman–Crippen LogP) is -0.116. The fraction of sp³-hybridized carbons (Fsp3) is 0.375. The molecule has 3 rings (SSSR count). The molecule has 3 heterocycles. The standard InChI is InChI=1S/C8H8N4OS/c13-1-5-2-14-8-6-7(10-3-9-6)11-4-12(5)8/h3-5,13H,1-2H2/p+1. The van der Waals surface area contributed by atoms with E-state index < -0.39 is 0 Å². The van der Waals surface area contributed by atoms with E-state index in [9.17, 15) is 0 Å². The molecular formula is C8H9N4OS+. The molecule has 0 spiro atoms. The first-order valence-corrected chi connectivity index (χ1v) is 5.35. The van der Waals surface area contributed by atoms with Crippen LogP contribution in [-0.2, 0) is 0 Å². The van der Waals surface area contributed by atoms with E-state index in [0.717, 1.165) is 21.9 Å². The van der Waals surface area contributed by atoms with Crippen molar-refractivity contribution >= 4 is 22.9 Å². The molecule has 0 amide bonds. The second-order valence-corrected chi connectivity index (χ2v) is 4.21. The van der Waals surface area contributed by atoms with Crippen LogP contribution >= 0.6 is 11.8 Å². The minimum absolute atomic E-state index is 0.148. The van der Waals surface area contributed by atoms with Gasteiger partial charge in [-0.15, -0.1) is 0 Å². The normalized spacial score (nSPS) is 20.2. The maximum absolute atomic E-state index is 9.15. The number of H-pyrrole nitrogens is 1. The highest BCUT2D eigenvalue weighted by Crippen LogP contribution is 2.29. The lowest BCUT2D eigenvalue weighted by atomic mass is 10.3. The molecule has 0 aromatic carbocycles. The zero-order valence-electron chi connectivity index (χ0n) is 7.34. The number of hydrogen-bond donors (Lipinski definition) is 2. The van der Waals surface area contributed by atoms with Crippen molar-refractivity contribution in [1.82, 2.24) is 15.0 Å². The van der Waals surface area contributed by atoms with Gasteiger partial charge in [0.1, 0.15) is 6.04 Å². The van der Waals surface area contributed by atoms with Crippen molar-refractivity contribution in [2.75, 3.05) is 12.4 Å². The summed E-state index contributed by atoms with van der Waals surface area (Å²) in [6.45, 7) is 0.159. The molecule has 0 radical (unpaired) electrons. The van der Waals surface area contributed by atoms with Crippen LogP contribution in [0.4, 0.5) is 0 Å². The van der Waals surface area contributed by atoms with Gasteiger partial charge in [-0.05, 0) is 4.98 Å². The second-order valence-electron chi connectivity index (χ2n) is 3.21. The predicted molar refractivity (Wildman–Crippen MR) is 50.9 cm³/mol. The van der Waals surface area contributed by atoms with Crippen molar-refractivity contribution in [3.8, 4) is 0 Å². The lowest BCUT2D eigenvalue weighted by Gasteiger charge is -2.01. The fourth-order valence-electron chi connectivity index (χ4n) is 1.64. The maximum atomic E-state index is 9.15. The summed E-state index contributed by atoms with van der Waals surface area (Å²) < 4.78 is 2.01. The van der Waals surface area contributed by atoms with Crippen LogP contribution in [0.2, 0.25) is 0 Å². The van der Waals surface area contributed by atoms with Crippen LogP contribution in [0.15, 0.2) is 17.7 Å². The third-order valence-electron chi connectivity index (χ3n) is 2.39. The Morgan fingerprint density at radius 2 is 2.57 bits per heavy atom. The largest absolute Gasteiger partial charge is 0.392 e. The fourth-order valence-corrected chi connectivity index (χ4v) is 2.90. The van der Waals surface area contributed by atoms with Gasteiger partial charge in [-0.1, -0.05) is 11.8 Å². The summed E-state index contributed by atoms with van der Waals surface area (Å²) in [5.74, 6) is 0.899. The number of hydrogen-bond acceptors (Lipinski definition) is 4. The average molecular weight is 209 g/mol. The van der Waals surface area contributed by atoms with Gasteiger partial charge in [-0.3, -0.25) is 0 Å². The Kier molecular flexibility index (Phi) is 1.71. The number of fused-ring (bicyclic) bond motifs is 3. The molecule has 5 nitrogen and oxygen atoms in total. The van der Waals surface area contributed by atoms with Crippen LogP contribution in [0.3, 0.4) is 0 Å². The Morgan fingerprint density at radius 3 is 3.43 bits per heavy atom. The Labute approximate surface area is 84.2 Å². The number of aliphatic hydroxyl groups excluding tert-OH is 1. The number of rotatable bonds is 1. The zero-order valence-corrected chi connectivity index (χ0v) is 8.16. The summed E-state index contributed by atoms with van der Waals surface area (Å²) in [5, 5.41) is 10.3. The average Bonchev–Trinajstić information content (AvgIpc) is 2.82. The van der Waals surface area contributed by atoms with Crippen molar-refractivity contribution in [3.63, 3.8) is 0 Å². The monoisotopic (exact) mass is 209 g/mol. The van der Waals surface area contributed by atoms with Crippen LogP contribution in [0.5, 0.6) is 0 Å². The number of nitrogens with one attached hydrogen (secondary N) is 1. The van der Waals surface area contributed by atoms with Gasteiger partial charge in [0.15, 0.2) is 10.5 Å². The van der Waals surface area contributed by atoms with E-state index in [1.54, 1.807) is 24.4 Å². The van der Waals surface area contributed by atoms with Crippen molar-refractivity contribution in [3.05, 3.63) is 12.7 Å². The Bertz CT molecular complexity index is 483. The highest BCUT2D eigenvalue weighted by molar-refractivity contribution is 7.99. The molecule has 1 aliphatic heterocycles. The number of aromatic amines is 1. The number of aromatic nitrogens is 4. The number of thioether (sulfide) groups is 1. The molecule has 0 aliphatic carbocycles. The van der Waals surface area contributed by atoms with E-state index in [-0.39, 0.29) is 12.6 Å². The van der Waals surface area contributed by atoms with Gasteiger partial charge in [-0.25, -0.2) is 4.57 Å². The van der Waals surface area contributed by atoms with Gasteiger partial charge >= 0.3 is 0 Å². The molecule has 0 bridgehead atoms. The van der Waals surface area contributed by atoms with E-state index in [2.05, 4.69) is 15.0 Å². The Hall–Kier alpha value is -1.14. The molecule has 14 heavy (non-hydrogen) atoms. The summed E-state index contributed by atoms with van der Waals surface area (Å²) in [5.41, 5.74) is 1.70. The van der Waals surface area contributed by atoms with E-state index in [1.807, 2.05) is 4.57 Å². The number of imidazole rings is 1. The first-order valence-electron chi connectivity index (χ1n) is 4.37. The molecular weight excluding hydrogens is 200 g/mol.